The Hall–Kier alpha value is -1.47. The number of esters is 1. The highest BCUT2D eigenvalue weighted by Crippen LogP contribution is 2.41. The predicted octanol–water partition coefficient (Wildman–Crippen LogP) is 3.06. The molecule has 0 fully saturated rings. The van der Waals surface area contributed by atoms with E-state index < -0.39 is 0 Å². The van der Waals surface area contributed by atoms with Gasteiger partial charge < -0.3 is 9.64 Å². The maximum atomic E-state index is 12.0. The molecule has 0 aliphatic rings. The Morgan fingerprint density at radius 1 is 1.53 bits per heavy atom. The van der Waals surface area contributed by atoms with Crippen LogP contribution < -0.4 is 0 Å². The fraction of sp³-hybridized carbons (Fsp3) is 0.417. The standard InChI is InChI=1S/C12H15N3O2S2/c1-5-17-12(16)10-9(13-6-15(3)4)8-7(2)19-14-11(8)18-10/h6H,5H2,1-4H3. The Kier molecular flexibility index (Phi) is 4.16. The van der Waals surface area contributed by atoms with E-state index in [-0.39, 0.29) is 5.97 Å². The fourth-order valence-corrected chi connectivity index (χ4v) is 3.44. The lowest BCUT2D eigenvalue weighted by Gasteiger charge is -2.03. The summed E-state index contributed by atoms with van der Waals surface area (Å²) in [5.41, 5.74) is 0.665. The second-order valence-electron chi connectivity index (χ2n) is 4.13. The molecule has 0 saturated heterocycles. The van der Waals surface area contributed by atoms with E-state index in [4.69, 9.17) is 4.74 Å². The highest BCUT2D eigenvalue weighted by atomic mass is 32.1. The number of aliphatic imine (C=N–C) groups is 1. The number of rotatable bonds is 4. The van der Waals surface area contributed by atoms with E-state index in [1.54, 1.807) is 13.3 Å². The van der Waals surface area contributed by atoms with Crippen LogP contribution >= 0.6 is 22.9 Å². The van der Waals surface area contributed by atoms with Crippen molar-refractivity contribution in [2.24, 2.45) is 4.99 Å². The van der Waals surface area contributed by atoms with Crippen LogP contribution in [0.15, 0.2) is 4.99 Å². The number of carbonyl (C=O) groups is 1. The second kappa shape index (κ2) is 5.66. The summed E-state index contributed by atoms with van der Waals surface area (Å²) in [6.45, 7) is 4.13. The highest BCUT2D eigenvalue weighted by molar-refractivity contribution is 7.23. The maximum Gasteiger partial charge on any atom is 0.350 e. The van der Waals surface area contributed by atoms with Crippen molar-refractivity contribution in [3.05, 3.63) is 9.75 Å². The van der Waals surface area contributed by atoms with Gasteiger partial charge in [0.2, 0.25) is 0 Å². The van der Waals surface area contributed by atoms with Gasteiger partial charge in [0.1, 0.15) is 15.4 Å². The number of thiophene rings is 1. The zero-order valence-corrected chi connectivity index (χ0v) is 12.9. The Labute approximate surface area is 119 Å². The number of carbonyl (C=O) groups excluding carboxylic acids is 1. The Morgan fingerprint density at radius 2 is 2.26 bits per heavy atom. The lowest BCUT2D eigenvalue weighted by Crippen LogP contribution is -2.07. The van der Waals surface area contributed by atoms with Crippen LogP contribution in [0.5, 0.6) is 0 Å². The molecule has 0 aliphatic heterocycles. The van der Waals surface area contributed by atoms with Gasteiger partial charge in [0.05, 0.1) is 18.3 Å². The van der Waals surface area contributed by atoms with E-state index in [2.05, 4.69) is 9.37 Å². The van der Waals surface area contributed by atoms with Crippen LogP contribution in [0.1, 0.15) is 21.5 Å². The van der Waals surface area contributed by atoms with Gasteiger partial charge in [-0.1, -0.05) is 0 Å². The molecule has 19 heavy (non-hydrogen) atoms. The summed E-state index contributed by atoms with van der Waals surface area (Å²) in [7, 11) is 3.77. The van der Waals surface area contributed by atoms with Gasteiger partial charge in [-0.05, 0) is 25.4 Å². The average molecular weight is 297 g/mol. The normalized spacial score (nSPS) is 11.4. The molecule has 0 spiro atoms. The molecule has 0 aliphatic carbocycles. The van der Waals surface area contributed by atoms with Crippen molar-refractivity contribution in [1.29, 1.82) is 0 Å². The van der Waals surface area contributed by atoms with Gasteiger partial charge in [0, 0.05) is 19.0 Å². The maximum absolute atomic E-state index is 12.0. The lowest BCUT2D eigenvalue weighted by atomic mass is 10.2. The Balaban J connectivity index is 2.56. The third-order valence-corrected chi connectivity index (χ3v) is 4.28. The molecule has 0 N–H and O–H groups in total. The molecule has 0 bridgehead atoms. The molecule has 2 heterocycles. The van der Waals surface area contributed by atoms with E-state index in [1.807, 2.05) is 25.9 Å². The Morgan fingerprint density at radius 3 is 2.89 bits per heavy atom. The third-order valence-electron chi connectivity index (χ3n) is 2.36. The summed E-state index contributed by atoms with van der Waals surface area (Å²) in [5, 5.41) is 0.955. The van der Waals surface area contributed by atoms with Crippen molar-refractivity contribution in [1.82, 2.24) is 9.27 Å². The minimum atomic E-state index is -0.333. The lowest BCUT2D eigenvalue weighted by molar-refractivity contribution is 0.0533. The first-order chi connectivity index (χ1) is 9.04. The number of nitrogens with zero attached hydrogens (tertiary/aromatic N) is 3. The van der Waals surface area contributed by atoms with Crippen molar-refractivity contribution in [2.75, 3.05) is 20.7 Å². The SMILES string of the molecule is CCOC(=O)c1sc2nsc(C)c2c1N=CN(C)C. The van der Waals surface area contributed by atoms with E-state index in [1.165, 1.54) is 22.9 Å². The van der Waals surface area contributed by atoms with Crippen molar-refractivity contribution in [3.63, 3.8) is 0 Å². The molecule has 0 amide bonds. The van der Waals surface area contributed by atoms with Crippen LogP contribution in [-0.4, -0.2) is 42.3 Å². The van der Waals surface area contributed by atoms with E-state index in [0.29, 0.717) is 17.2 Å². The summed E-state index contributed by atoms with van der Waals surface area (Å²) < 4.78 is 9.41. The van der Waals surface area contributed by atoms with Gasteiger partial charge in [0.15, 0.2) is 0 Å². The first-order valence-corrected chi connectivity index (χ1v) is 7.40. The minimum absolute atomic E-state index is 0.333. The monoisotopic (exact) mass is 297 g/mol. The molecule has 0 aromatic carbocycles. The number of aromatic nitrogens is 1. The first-order valence-electron chi connectivity index (χ1n) is 5.81. The van der Waals surface area contributed by atoms with Gasteiger partial charge >= 0.3 is 5.97 Å². The molecule has 0 radical (unpaired) electrons. The smallest absolute Gasteiger partial charge is 0.350 e. The zero-order valence-electron chi connectivity index (χ0n) is 11.3. The van der Waals surface area contributed by atoms with Crippen LogP contribution in [0.2, 0.25) is 0 Å². The molecule has 2 aromatic rings. The van der Waals surface area contributed by atoms with Gasteiger partial charge in [-0.2, -0.15) is 4.37 Å². The van der Waals surface area contributed by atoms with E-state index in [0.717, 1.165) is 15.1 Å². The minimum Gasteiger partial charge on any atom is -0.462 e. The summed E-state index contributed by atoms with van der Waals surface area (Å²) in [6, 6.07) is 0. The molecular weight excluding hydrogens is 282 g/mol. The molecule has 0 atom stereocenters. The van der Waals surface area contributed by atoms with Gasteiger partial charge in [-0.15, -0.1) is 11.3 Å². The molecular formula is C12H15N3O2S2. The van der Waals surface area contributed by atoms with Crippen LogP contribution in [0.3, 0.4) is 0 Å². The van der Waals surface area contributed by atoms with Crippen molar-refractivity contribution in [2.45, 2.75) is 13.8 Å². The predicted molar refractivity (Wildman–Crippen MR) is 80.0 cm³/mol. The van der Waals surface area contributed by atoms with Crippen LogP contribution in [0.4, 0.5) is 5.69 Å². The van der Waals surface area contributed by atoms with Gasteiger partial charge in [-0.3, -0.25) is 0 Å². The van der Waals surface area contributed by atoms with Crippen molar-refractivity contribution >= 4 is 51.1 Å². The van der Waals surface area contributed by atoms with E-state index in [9.17, 15) is 4.79 Å². The number of hydrogen-bond donors (Lipinski definition) is 0. The van der Waals surface area contributed by atoms with Crippen LogP contribution in [-0.2, 0) is 4.74 Å². The van der Waals surface area contributed by atoms with Crippen LogP contribution in [0.25, 0.3) is 10.2 Å². The Bertz CT molecular complexity index is 628. The zero-order chi connectivity index (χ0) is 14.0. The molecule has 2 aromatic heterocycles. The fourth-order valence-electron chi connectivity index (χ4n) is 1.58. The molecule has 7 heteroatoms. The highest BCUT2D eigenvalue weighted by Gasteiger charge is 2.22. The molecule has 0 saturated carbocycles. The topological polar surface area (TPSA) is 54.8 Å². The first kappa shape index (κ1) is 14.0. The van der Waals surface area contributed by atoms with Gasteiger partial charge in [0.25, 0.3) is 0 Å². The summed E-state index contributed by atoms with van der Waals surface area (Å²) in [6.07, 6.45) is 1.68. The van der Waals surface area contributed by atoms with Crippen LogP contribution in [0, 0.1) is 6.92 Å². The molecule has 5 nitrogen and oxygen atoms in total. The summed E-state index contributed by atoms with van der Waals surface area (Å²) in [4.78, 5) is 20.6. The largest absolute Gasteiger partial charge is 0.462 e. The molecule has 2 rings (SSSR count). The number of fused-ring (bicyclic) bond motifs is 1. The molecule has 102 valence electrons. The average Bonchev–Trinajstić information content (AvgIpc) is 2.88. The van der Waals surface area contributed by atoms with Gasteiger partial charge in [-0.25, -0.2) is 9.79 Å². The number of hydrogen-bond acceptors (Lipinski definition) is 6. The summed E-state index contributed by atoms with van der Waals surface area (Å²) >= 11 is 2.76. The second-order valence-corrected chi connectivity index (χ2v) is 6.10. The van der Waals surface area contributed by atoms with E-state index >= 15 is 0 Å². The number of ether oxygens (including phenoxy) is 1. The van der Waals surface area contributed by atoms with Crippen molar-refractivity contribution in [3.8, 4) is 0 Å². The number of aryl methyl sites for hydroxylation is 1. The third kappa shape index (κ3) is 2.76. The summed E-state index contributed by atoms with van der Waals surface area (Å²) in [5.74, 6) is -0.333. The molecule has 0 unspecified atom stereocenters. The van der Waals surface area contributed by atoms with Crippen molar-refractivity contribution < 1.29 is 9.53 Å². The quantitative estimate of drug-likeness (QED) is 0.494.